The van der Waals surface area contributed by atoms with Crippen molar-refractivity contribution in [1.29, 1.82) is 5.41 Å². The van der Waals surface area contributed by atoms with Crippen LogP contribution in [0.2, 0.25) is 0 Å². The number of aryl methyl sites for hydroxylation is 1. The van der Waals surface area contributed by atoms with Crippen LogP contribution in [0.1, 0.15) is 37.3 Å². The molecule has 0 amide bonds. The third kappa shape index (κ3) is 3.39. The maximum atomic E-state index is 7.29. The highest BCUT2D eigenvalue weighted by atomic mass is 16.5. The monoisotopic (exact) mass is 205 g/mol. The molecule has 0 aliphatic carbocycles. The molecule has 2 nitrogen and oxygen atoms in total. The molecule has 0 atom stereocenters. The Morgan fingerprint density at radius 1 is 1.33 bits per heavy atom. The minimum Gasteiger partial charge on any atom is -0.496 e. The maximum absolute atomic E-state index is 7.29. The van der Waals surface area contributed by atoms with E-state index < -0.39 is 0 Å². The molecule has 0 saturated carbocycles. The number of ether oxygens (including phenoxy) is 1. The molecule has 15 heavy (non-hydrogen) atoms. The van der Waals surface area contributed by atoms with Crippen LogP contribution in [0, 0.1) is 5.41 Å². The lowest BCUT2D eigenvalue weighted by atomic mass is 10.0. The fourth-order valence-corrected chi connectivity index (χ4v) is 1.63. The summed E-state index contributed by atoms with van der Waals surface area (Å²) >= 11 is 0. The predicted octanol–water partition coefficient (Wildman–Crippen LogP) is 3.43. The lowest BCUT2D eigenvalue weighted by molar-refractivity contribution is 0.414. The van der Waals surface area contributed by atoms with Crippen LogP contribution < -0.4 is 4.74 Å². The van der Waals surface area contributed by atoms with E-state index in [2.05, 4.69) is 13.0 Å². The third-order valence-electron chi connectivity index (χ3n) is 2.52. The second kappa shape index (κ2) is 6.23. The van der Waals surface area contributed by atoms with E-state index in [9.17, 15) is 0 Å². The highest BCUT2D eigenvalue weighted by molar-refractivity contribution is 5.81. The van der Waals surface area contributed by atoms with Crippen LogP contribution in [-0.4, -0.2) is 13.3 Å². The predicted molar refractivity (Wildman–Crippen MR) is 64.1 cm³/mol. The van der Waals surface area contributed by atoms with Crippen molar-refractivity contribution in [2.24, 2.45) is 0 Å². The second-order valence-corrected chi connectivity index (χ2v) is 3.68. The molecule has 2 heteroatoms. The van der Waals surface area contributed by atoms with Gasteiger partial charge >= 0.3 is 0 Å². The highest BCUT2D eigenvalue weighted by Gasteiger charge is 2.01. The van der Waals surface area contributed by atoms with Crippen LogP contribution >= 0.6 is 0 Å². The number of benzene rings is 1. The average molecular weight is 205 g/mol. The summed E-state index contributed by atoms with van der Waals surface area (Å²) in [5, 5.41) is 7.29. The molecular weight excluding hydrogens is 186 g/mol. The van der Waals surface area contributed by atoms with Gasteiger partial charge in [-0.05, 0) is 30.5 Å². The molecule has 1 aromatic carbocycles. The first-order chi connectivity index (χ1) is 7.31. The lowest BCUT2D eigenvalue weighted by Crippen LogP contribution is -1.93. The molecule has 0 heterocycles. The summed E-state index contributed by atoms with van der Waals surface area (Å²) in [4.78, 5) is 0. The van der Waals surface area contributed by atoms with Crippen LogP contribution in [-0.2, 0) is 6.42 Å². The molecule has 0 aromatic heterocycles. The van der Waals surface area contributed by atoms with Gasteiger partial charge in [0.05, 0.1) is 7.11 Å². The summed E-state index contributed by atoms with van der Waals surface area (Å²) in [5.74, 6) is 0.782. The van der Waals surface area contributed by atoms with Gasteiger partial charge in [-0.3, -0.25) is 0 Å². The minimum atomic E-state index is 0.782. The summed E-state index contributed by atoms with van der Waals surface area (Å²) in [6.07, 6.45) is 6.18. The van der Waals surface area contributed by atoms with Gasteiger partial charge in [0.25, 0.3) is 0 Å². The van der Waals surface area contributed by atoms with Crippen LogP contribution in [0.5, 0.6) is 5.75 Å². The molecule has 0 saturated heterocycles. The number of hydrogen-bond donors (Lipinski definition) is 1. The fraction of sp³-hybridized carbons (Fsp3) is 0.462. The normalized spacial score (nSPS) is 10.0. The molecule has 0 aliphatic heterocycles. The molecule has 0 radical (unpaired) electrons. The minimum absolute atomic E-state index is 0.782. The quantitative estimate of drug-likeness (QED) is 0.560. The maximum Gasteiger partial charge on any atom is 0.127 e. The van der Waals surface area contributed by atoms with E-state index in [0.29, 0.717) is 0 Å². The number of methoxy groups -OCH3 is 1. The highest BCUT2D eigenvalue weighted by Crippen LogP contribution is 2.19. The van der Waals surface area contributed by atoms with E-state index in [1.165, 1.54) is 31.0 Å². The summed E-state index contributed by atoms with van der Waals surface area (Å²) in [6.45, 7) is 2.21. The summed E-state index contributed by atoms with van der Waals surface area (Å²) < 4.78 is 5.17. The third-order valence-corrected chi connectivity index (χ3v) is 2.52. The van der Waals surface area contributed by atoms with Crippen molar-refractivity contribution in [1.82, 2.24) is 0 Å². The average Bonchev–Trinajstić information content (AvgIpc) is 2.29. The van der Waals surface area contributed by atoms with Crippen molar-refractivity contribution in [2.45, 2.75) is 32.6 Å². The van der Waals surface area contributed by atoms with Crippen LogP contribution in [0.15, 0.2) is 18.2 Å². The van der Waals surface area contributed by atoms with Gasteiger partial charge in [-0.25, -0.2) is 0 Å². The molecule has 1 aromatic rings. The Balaban J connectivity index is 2.70. The van der Waals surface area contributed by atoms with Crippen LogP contribution in [0.25, 0.3) is 0 Å². The zero-order chi connectivity index (χ0) is 11.1. The van der Waals surface area contributed by atoms with Crippen LogP contribution in [0.3, 0.4) is 0 Å². The van der Waals surface area contributed by atoms with Crippen molar-refractivity contribution in [2.75, 3.05) is 7.11 Å². The van der Waals surface area contributed by atoms with E-state index >= 15 is 0 Å². The summed E-state index contributed by atoms with van der Waals surface area (Å²) in [6, 6.07) is 6.07. The Labute approximate surface area is 91.8 Å². The van der Waals surface area contributed by atoms with Gasteiger partial charge < -0.3 is 10.1 Å². The van der Waals surface area contributed by atoms with Crippen molar-refractivity contribution >= 4 is 6.21 Å². The zero-order valence-electron chi connectivity index (χ0n) is 9.55. The first-order valence-corrected chi connectivity index (χ1v) is 5.49. The van der Waals surface area contributed by atoms with Gasteiger partial charge in [-0.2, -0.15) is 0 Å². The van der Waals surface area contributed by atoms with E-state index in [-0.39, 0.29) is 0 Å². The molecule has 0 bridgehead atoms. The Hall–Kier alpha value is -1.31. The van der Waals surface area contributed by atoms with E-state index in [0.717, 1.165) is 17.7 Å². The summed E-state index contributed by atoms with van der Waals surface area (Å²) in [7, 11) is 1.64. The van der Waals surface area contributed by atoms with Gasteiger partial charge in [-0.15, -0.1) is 0 Å². The van der Waals surface area contributed by atoms with Gasteiger partial charge in [0.15, 0.2) is 0 Å². The zero-order valence-corrected chi connectivity index (χ0v) is 9.55. The SMILES string of the molecule is CCCCCc1ccc(OC)c(C=N)c1. The number of nitrogens with one attached hydrogen (secondary N) is 1. The van der Waals surface area contributed by atoms with Crippen molar-refractivity contribution in [3.8, 4) is 5.75 Å². The Kier molecular flexibility index (Phi) is 4.88. The first-order valence-electron chi connectivity index (χ1n) is 5.49. The second-order valence-electron chi connectivity index (χ2n) is 3.68. The fourth-order valence-electron chi connectivity index (χ4n) is 1.63. The first kappa shape index (κ1) is 11.8. The van der Waals surface area contributed by atoms with Crippen molar-refractivity contribution in [3.63, 3.8) is 0 Å². The van der Waals surface area contributed by atoms with Gasteiger partial charge in [-0.1, -0.05) is 25.8 Å². The van der Waals surface area contributed by atoms with Gasteiger partial charge in [0.1, 0.15) is 5.75 Å². The molecule has 0 unspecified atom stereocenters. The number of rotatable bonds is 6. The Morgan fingerprint density at radius 2 is 2.13 bits per heavy atom. The smallest absolute Gasteiger partial charge is 0.127 e. The van der Waals surface area contributed by atoms with E-state index in [4.69, 9.17) is 10.1 Å². The molecule has 82 valence electrons. The molecule has 0 aliphatic rings. The molecule has 0 fully saturated rings. The molecular formula is C13H19NO. The summed E-state index contributed by atoms with van der Waals surface area (Å²) in [5.41, 5.74) is 2.16. The molecule has 1 N–H and O–H groups in total. The molecule has 1 rings (SSSR count). The number of hydrogen-bond acceptors (Lipinski definition) is 2. The Bertz CT molecular complexity index is 320. The van der Waals surface area contributed by atoms with Crippen molar-refractivity contribution in [3.05, 3.63) is 29.3 Å². The van der Waals surface area contributed by atoms with Crippen LogP contribution in [0.4, 0.5) is 0 Å². The van der Waals surface area contributed by atoms with E-state index in [1.807, 2.05) is 12.1 Å². The number of unbranched alkanes of at least 4 members (excludes halogenated alkanes) is 2. The van der Waals surface area contributed by atoms with Gasteiger partial charge in [0, 0.05) is 11.8 Å². The Morgan fingerprint density at radius 3 is 2.73 bits per heavy atom. The van der Waals surface area contributed by atoms with Crippen molar-refractivity contribution < 1.29 is 4.74 Å². The van der Waals surface area contributed by atoms with E-state index in [1.54, 1.807) is 7.11 Å². The molecule has 0 spiro atoms. The van der Waals surface area contributed by atoms with Gasteiger partial charge in [0.2, 0.25) is 0 Å². The lowest BCUT2D eigenvalue weighted by Gasteiger charge is -2.07. The standard InChI is InChI=1S/C13H19NO/c1-3-4-5-6-11-7-8-13(15-2)12(9-11)10-14/h7-10,14H,3-6H2,1-2H3. The topological polar surface area (TPSA) is 33.1 Å². The largest absolute Gasteiger partial charge is 0.496 e.